The van der Waals surface area contributed by atoms with Gasteiger partial charge in [-0.15, -0.1) is 0 Å². The number of fused-ring (bicyclic) bond motifs is 1. The Balaban J connectivity index is 1.60. The average Bonchev–Trinajstić information content (AvgIpc) is 3.44. The summed E-state index contributed by atoms with van der Waals surface area (Å²) < 4.78 is 7.39. The molecule has 190 valence electrons. The molecule has 1 aliphatic heterocycles. The molecule has 3 atom stereocenters. The van der Waals surface area contributed by atoms with Crippen LogP contribution in [-0.4, -0.2) is 67.8 Å². The molecule has 9 nitrogen and oxygen atoms in total. The first-order chi connectivity index (χ1) is 16.6. The molecule has 2 amide bonds. The first-order valence-electron chi connectivity index (χ1n) is 12.3. The minimum absolute atomic E-state index is 0.0319. The van der Waals surface area contributed by atoms with Crippen molar-refractivity contribution in [2.24, 2.45) is 0 Å². The first-order valence-corrected chi connectivity index (χ1v) is 12.3. The van der Waals surface area contributed by atoms with Crippen molar-refractivity contribution in [1.82, 2.24) is 20.0 Å². The number of nitrogens with one attached hydrogen (secondary N) is 1. The summed E-state index contributed by atoms with van der Waals surface area (Å²) in [5, 5.41) is 28.2. The summed E-state index contributed by atoms with van der Waals surface area (Å²) in [6.07, 6.45) is 2.68. The number of carbonyl (C=O) groups excluding carboxylic acids is 2. The highest BCUT2D eigenvalue weighted by atomic mass is 16.6. The Labute approximate surface area is 206 Å². The molecule has 0 spiro atoms. The molecular weight excluding hydrogens is 448 g/mol. The minimum Gasteiger partial charge on any atom is -0.444 e. The Kier molecular flexibility index (Phi) is 6.92. The van der Waals surface area contributed by atoms with E-state index < -0.39 is 35.3 Å². The Morgan fingerprint density at radius 3 is 2.74 bits per heavy atom. The molecule has 0 radical (unpaired) electrons. The Morgan fingerprint density at radius 2 is 2.06 bits per heavy atom. The van der Waals surface area contributed by atoms with Crippen molar-refractivity contribution in [3.8, 4) is 11.3 Å². The molecule has 1 aliphatic carbocycles. The van der Waals surface area contributed by atoms with Gasteiger partial charge in [0.1, 0.15) is 11.6 Å². The lowest BCUT2D eigenvalue weighted by Crippen LogP contribution is -2.56. The van der Waals surface area contributed by atoms with Crippen LogP contribution < -0.4 is 5.32 Å². The third kappa shape index (κ3) is 5.06. The summed E-state index contributed by atoms with van der Waals surface area (Å²) in [5.74, 6) is -0.401. The van der Waals surface area contributed by atoms with Gasteiger partial charge in [0.05, 0.1) is 30.5 Å². The first kappa shape index (κ1) is 25.2. The van der Waals surface area contributed by atoms with Crippen molar-refractivity contribution >= 4 is 12.0 Å². The van der Waals surface area contributed by atoms with Crippen LogP contribution in [0, 0.1) is 0 Å². The molecule has 1 aromatic carbocycles. The second-order valence-electron chi connectivity index (χ2n) is 10.5. The fraction of sp³-hybridized carbons (Fsp3) is 0.577. The van der Waals surface area contributed by atoms with Crippen LogP contribution in [0.3, 0.4) is 0 Å². The highest BCUT2D eigenvalue weighted by molar-refractivity contribution is 5.87. The largest absolute Gasteiger partial charge is 0.444 e. The van der Waals surface area contributed by atoms with Crippen molar-refractivity contribution in [2.45, 2.75) is 83.2 Å². The van der Waals surface area contributed by atoms with Gasteiger partial charge in [-0.05, 0) is 70.2 Å². The number of ether oxygens (including phenoxy) is 1. The summed E-state index contributed by atoms with van der Waals surface area (Å²) in [5.41, 5.74) is 2.34. The molecule has 2 aliphatic rings. The van der Waals surface area contributed by atoms with Crippen molar-refractivity contribution in [1.29, 1.82) is 0 Å². The molecule has 1 aromatic heterocycles. The van der Waals surface area contributed by atoms with E-state index >= 15 is 0 Å². The predicted molar refractivity (Wildman–Crippen MR) is 131 cm³/mol. The topological polar surface area (TPSA) is 117 Å². The van der Waals surface area contributed by atoms with E-state index in [1.807, 2.05) is 29.8 Å². The van der Waals surface area contributed by atoms with E-state index in [1.165, 1.54) is 4.90 Å². The summed E-state index contributed by atoms with van der Waals surface area (Å²) in [4.78, 5) is 27.5. The van der Waals surface area contributed by atoms with Gasteiger partial charge in [0.2, 0.25) is 5.91 Å². The molecule has 0 saturated carbocycles. The fourth-order valence-corrected chi connectivity index (χ4v) is 5.21. The standard InChI is InChI=1S/C26H36N4O5/c1-5-30-21(10-12-27-30)18-8-9-20-17(13-18)7-6-11-26(20,16-31)28-23(33)22-14-19(32)15-29(22)24(34)35-25(2,3)4/h8-10,12-13,19,22,31-32H,5-7,11,14-16H2,1-4H3,(H,28,33)/t19-,22+,26-/m1/s1. The lowest BCUT2D eigenvalue weighted by Gasteiger charge is -2.40. The number of rotatable bonds is 5. The van der Waals surface area contributed by atoms with Gasteiger partial charge in [0.15, 0.2) is 0 Å². The second-order valence-corrected chi connectivity index (χ2v) is 10.5. The van der Waals surface area contributed by atoms with Crippen LogP contribution in [0.15, 0.2) is 30.5 Å². The molecule has 1 fully saturated rings. The number of hydrogen-bond acceptors (Lipinski definition) is 6. The van der Waals surface area contributed by atoms with E-state index in [2.05, 4.69) is 16.5 Å². The lowest BCUT2D eigenvalue weighted by molar-refractivity contribution is -0.128. The monoisotopic (exact) mass is 484 g/mol. The van der Waals surface area contributed by atoms with Crippen LogP contribution in [0.4, 0.5) is 4.79 Å². The normalized spacial score (nSPS) is 24.2. The van der Waals surface area contributed by atoms with Crippen LogP contribution in [0.25, 0.3) is 11.3 Å². The number of aryl methyl sites for hydroxylation is 2. The average molecular weight is 485 g/mol. The Morgan fingerprint density at radius 1 is 1.29 bits per heavy atom. The number of β-amino-alcohol motifs (C(OH)–C–C–N with tert-alkyl or cyclic N) is 1. The van der Waals surface area contributed by atoms with Crippen molar-refractivity contribution < 1.29 is 24.5 Å². The maximum absolute atomic E-state index is 13.5. The molecule has 0 unspecified atom stereocenters. The third-order valence-electron chi connectivity index (χ3n) is 6.82. The van der Waals surface area contributed by atoms with E-state index in [-0.39, 0.29) is 19.6 Å². The van der Waals surface area contributed by atoms with Gasteiger partial charge < -0.3 is 20.3 Å². The van der Waals surface area contributed by atoms with Crippen LogP contribution in [0.1, 0.15) is 58.1 Å². The zero-order valence-electron chi connectivity index (χ0n) is 21.0. The van der Waals surface area contributed by atoms with Gasteiger partial charge >= 0.3 is 6.09 Å². The van der Waals surface area contributed by atoms with E-state index in [0.717, 1.165) is 41.8 Å². The smallest absolute Gasteiger partial charge is 0.411 e. The fourth-order valence-electron chi connectivity index (χ4n) is 5.21. The predicted octanol–water partition coefficient (Wildman–Crippen LogP) is 2.58. The number of aromatic nitrogens is 2. The molecule has 9 heteroatoms. The van der Waals surface area contributed by atoms with E-state index in [0.29, 0.717) is 6.42 Å². The molecule has 35 heavy (non-hydrogen) atoms. The number of carbonyl (C=O) groups is 2. The van der Waals surface area contributed by atoms with Gasteiger partial charge in [-0.25, -0.2) is 4.79 Å². The summed E-state index contributed by atoms with van der Waals surface area (Å²) in [7, 11) is 0. The molecule has 1 saturated heterocycles. The summed E-state index contributed by atoms with van der Waals surface area (Å²) in [6.45, 7) is 7.85. The van der Waals surface area contributed by atoms with E-state index in [9.17, 15) is 19.8 Å². The third-order valence-corrected chi connectivity index (χ3v) is 6.82. The molecular formula is C26H36N4O5. The number of benzene rings is 1. The SMILES string of the molecule is CCn1nccc1-c1ccc2c(c1)CCC[C@]2(CO)NC(=O)[C@@H]1C[C@@H](O)CN1C(=O)OC(C)(C)C. The summed E-state index contributed by atoms with van der Waals surface area (Å²) in [6, 6.07) is 7.19. The maximum Gasteiger partial charge on any atom is 0.411 e. The molecule has 3 N–H and O–H groups in total. The Bertz CT molecular complexity index is 1090. The van der Waals surface area contributed by atoms with Gasteiger partial charge in [0.25, 0.3) is 0 Å². The molecule has 2 heterocycles. The van der Waals surface area contributed by atoms with E-state index in [1.54, 1.807) is 27.0 Å². The van der Waals surface area contributed by atoms with Gasteiger partial charge in [-0.2, -0.15) is 5.10 Å². The molecule has 0 bridgehead atoms. The van der Waals surface area contributed by atoms with Crippen LogP contribution in [0.2, 0.25) is 0 Å². The molecule has 2 aromatic rings. The van der Waals surface area contributed by atoms with Crippen molar-refractivity contribution in [3.63, 3.8) is 0 Å². The number of likely N-dealkylation sites (tertiary alicyclic amines) is 1. The van der Waals surface area contributed by atoms with Gasteiger partial charge in [0, 0.05) is 24.7 Å². The number of amides is 2. The summed E-state index contributed by atoms with van der Waals surface area (Å²) >= 11 is 0. The number of nitrogens with zero attached hydrogens (tertiary/aromatic N) is 3. The van der Waals surface area contributed by atoms with Crippen LogP contribution >= 0.6 is 0 Å². The van der Waals surface area contributed by atoms with Crippen molar-refractivity contribution in [2.75, 3.05) is 13.2 Å². The lowest BCUT2D eigenvalue weighted by atomic mass is 9.76. The zero-order valence-corrected chi connectivity index (χ0v) is 21.0. The molecule has 4 rings (SSSR count). The number of aliphatic hydroxyl groups excluding tert-OH is 2. The zero-order chi connectivity index (χ0) is 25.4. The maximum atomic E-state index is 13.5. The number of aliphatic hydroxyl groups is 2. The second kappa shape index (κ2) is 9.62. The van der Waals surface area contributed by atoms with Crippen LogP contribution in [0.5, 0.6) is 0 Å². The van der Waals surface area contributed by atoms with Crippen molar-refractivity contribution in [3.05, 3.63) is 41.6 Å². The minimum atomic E-state index is -0.957. The number of hydrogen-bond donors (Lipinski definition) is 3. The van der Waals surface area contributed by atoms with Gasteiger partial charge in [-0.1, -0.05) is 12.1 Å². The van der Waals surface area contributed by atoms with Crippen LogP contribution in [-0.2, 0) is 28.0 Å². The Hall–Kier alpha value is -2.91. The van der Waals surface area contributed by atoms with Gasteiger partial charge in [-0.3, -0.25) is 14.4 Å². The van der Waals surface area contributed by atoms with E-state index in [4.69, 9.17) is 4.74 Å². The highest BCUT2D eigenvalue weighted by Gasteiger charge is 2.45. The quantitative estimate of drug-likeness (QED) is 0.601. The highest BCUT2D eigenvalue weighted by Crippen LogP contribution is 2.38.